The molecule has 0 spiro atoms. The van der Waals surface area contributed by atoms with Crippen LogP contribution >= 0.6 is 35.0 Å². The Kier molecular flexibility index (Phi) is 8.33. The highest BCUT2D eigenvalue weighted by Crippen LogP contribution is 2.31. The van der Waals surface area contributed by atoms with Crippen LogP contribution in [0.1, 0.15) is 31.9 Å². The van der Waals surface area contributed by atoms with Gasteiger partial charge in [-0.1, -0.05) is 68.2 Å². The van der Waals surface area contributed by atoms with Gasteiger partial charge in [-0.3, -0.25) is 4.79 Å². The summed E-state index contributed by atoms with van der Waals surface area (Å²) in [7, 11) is 0. The van der Waals surface area contributed by atoms with Gasteiger partial charge in [-0.2, -0.15) is 0 Å². The molecule has 0 aliphatic heterocycles. The minimum atomic E-state index is -0.0316. The van der Waals surface area contributed by atoms with Gasteiger partial charge in [0.1, 0.15) is 12.4 Å². The van der Waals surface area contributed by atoms with Crippen LogP contribution in [0, 0.1) is 0 Å². The molecule has 0 fully saturated rings. The van der Waals surface area contributed by atoms with Crippen LogP contribution in [0.2, 0.25) is 10.0 Å². The highest BCUT2D eigenvalue weighted by Gasteiger charge is 2.18. The molecule has 0 saturated heterocycles. The van der Waals surface area contributed by atoms with Crippen LogP contribution in [0.25, 0.3) is 0 Å². The average molecular weight is 426 g/mol. The molecule has 0 aromatic heterocycles. The Morgan fingerprint density at radius 3 is 2.41 bits per heavy atom. The third-order valence-corrected chi connectivity index (χ3v) is 5.59. The summed E-state index contributed by atoms with van der Waals surface area (Å²) in [4.78, 5) is 12.0. The summed E-state index contributed by atoms with van der Waals surface area (Å²) in [6.45, 7) is 7.35. The number of thioether (sulfide) groups is 1. The number of halogens is 2. The third kappa shape index (κ3) is 6.95. The molecule has 3 nitrogen and oxygen atoms in total. The Morgan fingerprint density at radius 1 is 1.07 bits per heavy atom. The maximum Gasteiger partial charge on any atom is 0.230 e. The van der Waals surface area contributed by atoms with Crippen molar-refractivity contribution < 1.29 is 9.53 Å². The topological polar surface area (TPSA) is 38.3 Å². The van der Waals surface area contributed by atoms with Crippen molar-refractivity contribution >= 4 is 40.9 Å². The van der Waals surface area contributed by atoms with Crippen molar-refractivity contribution in [2.24, 2.45) is 0 Å². The lowest BCUT2D eigenvalue weighted by Gasteiger charge is -2.22. The lowest BCUT2D eigenvalue weighted by Crippen LogP contribution is -2.29. The predicted molar refractivity (Wildman–Crippen MR) is 116 cm³/mol. The second-order valence-electron chi connectivity index (χ2n) is 7.14. The van der Waals surface area contributed by atoms with Crippen LogP contribution in [0.4, 0.5) is 0 Å². The van der Waals surface area contributed by atoms with Crippen molar-refractivity contribution in [2.45, 2.75) is 31.9 Å². The summed E-state index contributed by atoms with van der Waals surface area (Å²) >= 11 is 13.8. The molecule has 2 aromatic rings. The molecule has 2 rings (SSSR count). The lowest BCUT2D eigenvalue weighted by molar-refractivity contribution is -0.118. The fourth-order valence-electron chi connectivity index (χ4n) is 2.53. The SMILES string of the molecule is CC(C)(C)c1ccccc1OCCNC(=O)CSCc1c(Cl)cccc1Cl. The number of carbonyl (C=O) groups is 1. The number of para-hydroxylation sites is 1. The van der Waals surface area contributed by atoms with Gasteiger partial charge >= 0.3 is 0 Å². The van der Waals surface area contributed by atoms with Crippen LogP contribution in [0.3, 0.4) is 0 Å². The van der Waals surface area contributed by atoms with E-state index in [1.807, 2.05) is 24.3 Å². The Labute approximate surface area is 175 Å². The van der Waals surface area contributed by atoms with E-state index in [0.29, 0.717) is 34.7 Å². The smallest absolute Gasteiger partial charge is 0.230 e. The standard InChI is InChI=1S/C21H25Cl2NO2S/c1-21(2,3)16-7-4-5-10-19(16)26-12-11-24-20(25)14-27-13-15-17(22)8-6-9-18(15)23/h4-10H,11-14H2,1-3H3,(H,24,25). The molecule has 27 heavy (non-hydrogen) atoms. The van der Waals surface area contributed by atoms with E-state index in [1.54, 1.807) is 12.1 Å². The van der Waals surface area contributed by atoms with E-state index >= 15 is 0 Å². The summed E-state index contributed by atoms with van der Waals surface area (Å²) in [6.07, 6.45) is 0. The number of carbonyl (C=O) groups excluding carboxylic acids is 1. The maximum atomic E-state index is 12.0. The summed E-state index contributed by atoms with van der Waals surface area (Å²) in [6, 6.07) is 13.4. The van der Waals surface area contributed by atoms with E-state index in [-0.39, 0.29) is 11.3 Å². The number of nitrogens with one attached hydrogen (secondary N) is 1. The molecule has 1 N–H and O–H groups in total. The van der Waals surface area contributed by atoms with Crippen molar-refractivity contribution in [1.82, 2.24) is 5.32 Å². The van der Waals surface area contributed by atoms with E-state index < -0.39 is 0 Å². The monoisotopic (exact) mass is 425 g/mol. The molecule has 0 aliphatic carbocycles. The Bertz CT molecular complexity index is 755. The average Bonchev–Trinajstić information content (AvgIpc) is 2.61. The Balaban J connectivity index is 1.71. The van der Waals surface area contributed by atoms with Crippen molar-refractivity contribution in [3.63, 3.8) is 0 Å². The molecule has 6 heteroatoms. The van der Waals surface area contributed by atoms with Gasteiger partial charge in [-0.15, -0.1) is 11.8 Å². The molecule has 2 aromatic carbocycles. The first-order valence-electron chi connectivity index (χ1n) is 8.78. The molecular weight excluding hydrogens is 401 g/mol. The summed E-state index contributed by atoms with van der Waals surface area (Å²) < 4.78 is 5.86. The molecule has 146 valence electrons. The van der Waals surface area contributed by atoms with E-state index in [2.05, 4.69) is 32.2 Å². The predicted octanol–water partition coefficient (Wildman–Crippen LogP) is 5.72. The van der Waals surface area contributed by atoms with E-state index in [4.69, 9.17) is 27.9 Å². The Hall–Kier alpha value is -1.36. The highest BCUT2D eigenvalue weighted by atomic mass is 35.5. The fraction of sp³-hybridized carbons (Fsp3) is 0.381. The van der Waals surface area contributed by atoms with Crippen LogP contribution < -0.4 is 10.1 Å². The zero-order chi connectivity index (χ0) is 19.9. The quantitative estimate of drug-likeness (QED) is 0.549. The first-order chi connectivity index (χ1) is 12.8. The van der Waals surface area contributed by atoms with Crippen molar-refractivity contribution in [3.8, 4) is 5.75 Å². The summed E-state index contributed by atoms with van der Waals surface area (Å²) in [5.74, 6) is 1.78. The minimum absolute atomic E-state index is 0.0104. The number of amides is 1. The fourth-order valence-corrected chi connectivity index (χ4v) is 4.12. The second-order valence-corrected chi connectivity index (χ2v) is 8.94. The number of hydrogen-bond acceptors (Lipinski definition) is 3. The molecule has 0 bridgehead atoms. The summed E-state index contributed by atoms with van der Waals surface area (Å²) in [5.41, 5.74) is 2.03. The number of ether oxygens (including phenoxy) is 1. The largest absolute Gasteiger partial charge is 0.491 e. The number of hydrogen-bond donors (Lipinski definition) is 1. The van der Waals surface area contributed by atoms with Crippen molar-refractivity contribution in [3.05, 3.63) is 63.6 Å². The molecule has 0 saturated carbocycles. The molecular formula is C21H25Cl2NO2S. The molecule has 0 heterocycles. The third-order valence-electron chi connectivity index (χ3n) is 3.92. The van der Waals surface area contributed by atoms with Gasteiger partial charge in [0, 0.05) is 15.8 Å². The zero-order valence-corrected chi connectivity index (χ0v) is 18.2. The number of benzene rings is 2. The van der Waals surface area contributed by atoms with Gasteiger partial charge in [0.15, 0.2) is 0 Å². The van der Waals surface area contributed by atoms with Gasteiger partial charge in [0.25, 0.3) is 0 Å². The highest BCUT2D eigenvalue weighted by molar-refractivity contribution is 7.99. The van der Waals surface area contributed by atoms with E-state index in [1.165, 1.54) is 11.8 Å². The normalized spacial score (nSPS) is 11.3. The van der Waals surface area contributed by atoms with Crippen molar-refractivity contribution in [1.29, 1.82) is 0 Å². The van der Waals surface area contributed by atoms with Crippen molar-refractivity contribution in [2.75, 3.05) is 18.9 Å². The Morgan fingerprint density at radius 2 is 1.74 bits per heavy atom. The van der Waals surface area contributed by atoms with Crippen LogP contribution in [0.5, 0.6) is 5.75 Å². The van der Waals surface area contributed by atoms with Gasteiger partial charge in [-0.05, 0) is 34.7 Å². The molecule has 1 amide bonds. The van der Waals surface area contributed by atoms with Gasteiger partial charge in [0.05, 0.1) is 12.3 Å². The van der Waals surface area contributed by atoms with Crippen LogP contribution in [-0.2, 0) is 16.0 Å². The van der Waals surface area contributed by atoms with Crippen LogP contribution in [-0.4, -0.2) is 24.8 Å². The molecule has 0 aliphatic rings. The van der Waals surface area contributed by atoms with Gasteiger partial charge in [-0.25, -0.2) is 0 Å². The maximum absolute atomic E-state index is 12.0. The second kappa shape index (κ2) is 10.3. The minimum Gasteiger partial charge on any atom is -0.491 e. The zero-order valence-electron chi connectivity index (χ0n) is 15.9. The molecule has 0 atom stereocenters. The van der Waals surface area contributed by atoms with Crippen LogP contribution in [0.15, 0.2) is 42.5 Å². The molecule has 0 unspecified atom stereocenters. The number of rotatable bonds is 8. The van der Waals surface area contributed by atoms with E-state index in [0.717, 1.165) is 16.9 Å². The van der Waals surface area contributed by atoms with Gasteiger partial charge in [0.2, 0.25) is 5.91 Å². The first-order valence-corrected chi connectivity index (χ1v) is 10.7. The van der Waals surface area contributed by atoms with E-state index in [9.17, 15) is 4.79 Å². The van der Waals surface area contributed by atoms with Gasteiger partial charge < -0.3 is 10.1 Å². The lowest BCUT2D eigenvalue weighted by atomic mass is 9.86. The molecule has 0 radical (unpaired) electrons. The first kappa shape index (κ1) is 21.9. The summed E-state index contributed by atoms with van der Waals surface area (Å²) in [5, 5.41) is 4.13.